The maximum Gasteiger partial charge on any atom is 0.246 e. The van der Waals surface area contributed by atoms with E-state index in [4.69, 9.17) is 27.9 Å². The molecule has 0 spiro atoms. The summed E-state index contributed by atoms with van der Waals surface area (Å²) < 4.78 is 45.9. The van der Waals surface area contributed by atoms with E-state index in [1.165, 1.54) is 25.2 Å². The molecule has 1 aliphatic rings. The van der Waals surface area contributed by atoms with Gasteiger partial charge in [-0.1, -0.05) is 41.4 Å². The van der Waals surface area contributed by atoms with Crippen LogP contribution in [0.25, 0.3) is 0 Å². The van der Waals surface area contributed by atoms with Crippen molar-refractivity contribution in [1.29, 1.82) is 0 Å². The van der Waals surface area contributed by atoms with Gasteiger partial charge >= 0.3 is 0 Å². The number of rotatable bonds is 12. The molecule has 0 aliphatic heterocycles. The van der Waals surface area contributed by atoms with Gasteiger partial charge < -0.3 is 15.0 Å². The van der Waals surface area contributed by atoms with Crippen molar-refractivity contribution in [3.8, 4) is 0 Å². The van der Waals surface area contributed by atoms with Gasteiger partial charge in [0.25, 0.3) is 0 Å². The number of sulfonamides is 1. The summed E-state index contributed by atoms with van der Waals surface area (Å²) in [6, 6.07) is 11.5. The Hall–Kier alpha value is -1.75. The standard InChI is InChI=1S/C27H36Cl2FN3O4S/c1-32(2)26(21-6-4-7-22(30)16-21)20-12-10-19(11-13-20)17-31-25(34)18-37-15-14-33(3)38(35,36)27-23(28)8-5-9-24(27)29/h4-9,16,19-20,26H,10-15,17-18H2,1-3H3,(H,31,34). The molecular weight excluding hydrogens is 552 g/mol. The first-order chi connectivity index (χ1) is 18.0. The van der Waals surface area contributed by atoms with E-state index in [0.717, 1.165) is 35.6 Å². The summed E-state index contributed by atoms with van der Waals surface area (Å²) in [4.78, 5) is 14.3. The summed E-state index contributed by atoms with van der Waals surface area (Å²) >= 11 is 12.1. The molecule has 0 heterocycles. The van der Waals surface area contributed by atoms with E-state index >= 15 is 0 Å². The van der Waals surface area contributed by atoms with Crippen molar-refractivity contribution in [3.63, 3.8) is 0 Å². The van der Waals surface area contributed by atoms with Crippen LogP contribution in [0, 0.1) is 17.7 Å². The van der Waals surface area contributed by atoms with Gasteiger partial charge in [0, 0.05) is 26.2 Å². The third-order valence-corrected chi connectivity index (χ3v) is 9.86. The summed E-state index contributed by atoms with van der Waals surface area (Å²) in [5.41, 5.74) is 0.998. The van der Waals surface area contributed by atoms with Crippen LogP contribution in [-0.4, -0.2) is 71.0 Å². The minimum absolute atomic E-state index is 0.0412. The molecule has 0 radical (unpaired) electrons. The largest absolute Gasteiger partial charge is 0.370 e. The number of hydrogen-bond acceptors (Lipinski definition) is 5. The number of nitrogens with zero attached hydrogens (tertiary/aromatic N) is 2. The Labute approximate surface area is 235 Å². The van der Waals surface area contributed by atoms with Crippen LogP contribution in [0.4, 0.5) is 4.39 Å². The number of benzene rings is 2. The lowest BCUT2D eigenvalue weighted by molar-refractivity contribution is -0.126. The molecule has 1 aliphatic carbocycles. The second-order valence-corrected chi connectivity index (χ2v) is 12.8. The van der Waals surface area contributed by atoms with Gasteiger partial charge in [0.2, 0.25) is 15.9 Å². The van der Waals surface area contributed by atoms with E-state index in [1.807, 2.05) is 20.2 Å². The van der Waals surface area contributed by atoms with E-state index in [2.05, 4.69) is 10.2 Å². The minimum atomic E-state index is -3.89. The molecule has 38 heavy (non-hydrogen) atoms. The molecule has 1 N–H and O–H groups in total. The fourth-order valence-corrected chi connectivity index (χ4v) is 7.30. The Morgan fingerprint density at radius 1 is 1.08 bits per heavy atom. The normalized spacial score (nSPS) is 19.1. The zero-order valence-corrected chi connectivity index (χ0v) is 24.3. The van der Waals surface area contributed by atoms with Crippen molar-refractivity contribution >= 4 is 39.1 Å². The van der Waals surface area contributed by atoms with Gasteiger partial charge in [-0.3, -0.25) is 4.79 Å². The monoisotopic (exact) mass is 587 g/mol. The first-order valence-corrected chi connectivity index (χ1v) is 14.9. The van der Waals surface area contributed by atoms with Crippen molar-refractivity contribution in [2.24, 2.45) is 11.8 Å². The highest BCUT2D eigenvalue weighted by Crippen LogP contribution is 2.39. The Bertz CT molecular complexity index is 1170. The second-order valence-electron chi connectivity index (χ2n) is 9.98. The van der Waals surface area contributed by atoms with E-state index in [0.29, 0.717) is 18.4 Å². The third-order valence-electron chi connectivity index (χ3n) is 7.04. The van der Waals surface area contributed by atoms with E-state index in [1.54, 1.807) is 18.2 Å². The molecule has 2 aromatic carbocycles. The molecule has 0 saturated heterocycles. The van der Waals surface area contributed by atoms with Crippen LogP contribution in [0.5, 0.6) is 0 Å². The SMILES string of the molecule is CN(C)C(c1cccc(F)c1)C1CCC(CNC(=O)COCCN(C)S(=O)(=O)c2c(Cl)cccc2Cl)CC1. The Kier molecular flexibility index (Phi) is 11.4. The van der Waals surface area contributed by atoms with E-state index < -0.39 is 10.0 Å². The molecule has 7 nitrogen and oxygen atoms in total. The average molecular weight is 589 g/mol. The van der Waals surface area contributed by atoms with Crippen LogP contribution in [0.3, 0.4) is 0 Å². The number of hydrogen-bond donors (Lipinski definition) is 1. The predicted molar refractivity (Wildman–Crippen MR) is 148 cm³/mol. The van der Waals surface area contributed by atoms with Gasteiger partial charge in [0.1, 0.15) is 17.3 Å². The number of likely N-dealkylation sites (N-methyl/N-ethyl adjacent to an activating group) is 1. The molecule has 1 fully saturated rings. The summed E-state index contributed by atoms with van der Waals surface area (Å²) in [6.07, 6.45) is 3.98. The van der Waals surface area contributed by atoms with Crippen LogP contribution in [-0.2, 0) is 19.6 Å². The molecule has 0 bridgehead atoms. The number of carbonyl (C=O) groups excluding carboxylic acids is 1. The van der Waals surface area contributed by atoms with Crippen LogP contribution in [0.15, 0.2) is 47.4 Å². The number of halogens is 3. The van der Waals surface area contributed by atoms with E-state index in [9.17, 15) is 17.6 Å². The van der Waals surface area contributed by atoms with Crippen LogP contribution < -0.4 is 5.32 Å². The van der Waals surface area contributed by atoms with Crippen molar-refractivity contribution in [2.45, 2.75) is 36.6 Å². The third kappa shape index (κ3) is 8.13. The molecule has 2 aromatic rings. The molecule has 210 valence electrons. The molecule has 1 saturated carbocycles. The van der Waals surface area contributed by atoms with Crippen molar-refractivity contribution in [2.75, 3.05) is 47.4 Å². The van der Waals surface area contributed by atoms with Gasteiger partial charge in [-0.2, -0.15) is 4.31 Å². The van der Waals surface area contributed by atoms with Crippen LogP contribution in [0.1, 0.15) is 37.3 Å². The summed E-state index contributed by atoms with van der Waals surface area (Å²) in [7, 11) is 1.57. The number of ether oxygens (including phenoxy) is 1. The zero-order valence-electron chi connectivity index (χ0n) is 22.0. The fourth-order valence-electron chi connectivity index (χ4n) is 5.06. The minimum Gasteiger partial charge on any atom is -0.370 e. The maximum absolute atomic E-state index is 13.8. The first kappa shape index (κ1) is 30.8. The highest BCUT2D eigenvalue weighted by atomic mass is 35.5. The lowest BCUT2D eigenvalue weighted by Crippen LogP contribution is -2.36. The summed E-state index contributed by atoms with van der Waals surface area (Å²) in [5.74, 6) is 0.349. The molecular formula is C27H36Cl2FN3O4S. The number of carbonyl (C=O) groups is 1. The topological polar surface area (TPSA) is 79.0 Å². The van der Waals surface area contributed by atoms with Crippen molar-refractivity contribution < 1.29 is 22.3 Å². The first-order valence-electron chi connectivity index (χ1n) is 12.7. The van der Waals surface area contributed by atoms with Gasteiger partial charge in [-0.05, 0) is 81.4 Å². The average Bonchev–Trinajstić information content (AvgIpc) is 2.85. The van der Waals surface area contributed by atoms with Gasteiger partial charge in [-0.25, -0.2) is 12.8 Å². The van der Waals surface area contributed by atoms with Crippen molar-refractivity contribution in [3.05, 3.63) is 63.9 Å². The highest BCUT2D eigenvalue weighted by Gasteiger charge is 2.30. The highest BCUT2D eigenvalue weighted by molar-refractivity contribution is 7.89. The number of nitrogens with one attached hydrogen (secondary N) is 1. The molecule has 0 aromatic heterocycles. The molecule has 1 atom stereocenters. The molecule has 1 unspecified atom stereocenters. The lowest BCUT2D eigenvalue weighted by Gasteiger charge is -2.37. The lowest BCUT2D eigenvalue weighted by atomic mass is 9.76. The summed E-state index contributed by atoms with van der Waals surface area (Å²) in [6.45, 7) is 0.501. The van der Waals surface area contributed by atoms with Crippen LogP contribution in [0.2, 0.25) is 10.0 Å². The van der Waals surface area contributed by atoms with E-state index in [-0.39, 0.29) is 52.5 Å². The molecule has 11 heteroatoms. The van der Waals surface area contributed by atoms with Gasteiger partial charge in [0.05, 0.1) is 16.7 Å². The fraction of sp³-hybridized carbons (Fsp3) is 0.519. The van der Waals surface area contributed by atoms with Crippen LogP contribution >= 0.6 is 23.2 Å². The second kappa shape index (κ2) is 14.1. The van der Waals surface area contributed by atoms with Gasteiger partial charge in [0.15, 0.2) is 0 Å². The summed E-state index contributed by atoms with van der Waals surface area (Å²) in [5, 5.41) is 3.02. The Morgan fingerprint density at radius 3 is 2.32 bits per heavy atom. The maximum atomic E-state index is 13.8. The quantitative estimate of drug-likeness (QED) is 0.354. The number of amides is 1. The Balaban J connectivity index is 1.38. The smallest absolute Gasteiger partial charge is 0.246 e. The zero-order chi connectivity index (χ0) is 27.9. The predicted octanol–water partition coefficient (Wildman–Crippen LogP) is 5.00. The molecule has 3 rings (SSSR count). The molecule has 1 amide bonds. The Morgan fingerprint density at radius 2 is 1.71 bits per heavy atom. The van der Waals surface area contributed by atoms with Gasteiger partial charge in [-0.15, -0.1) is 0 Å². The van der Waals surface area contributed by atoms with Crippen molar-refractivity contribution in [1.82, 2.24) is 14.5 Å².